The normalized spacial score (nSPS) is 49.3. The highest BCUT2D eigenvalue weighted by Crippen LogP contribution is 2.57. The first kappa shape index (κ1) is 16.5. The highest BCUT2D eigenvalue weighted by molar-refractivity contribution is 5.11. The number of fused-ring (bicyclic) bond motifs is 1. The molecule has 0 aromatic carbocycles. The highest BCUT2D eigenvalue weighted by atomic mass is 16.5. The van der Waals surface area contributed by atoms with Crippen molar-refractivity contribution in [3.8, 4) is 0 Å². The lowest BCUT2D eigenvalue weighted by Gasteiger charge is -2.45. The molecule has 7 atom stereocenters. The van der Waals surface area contributed by atoms with Crippen LogP contribution in [0, 0.1) is 23.2 Å². The van der Waals surface area contributed by atoms with Crippen LogP contribution in [0.1, 0.15) is 59.3 Å². The summed E-state index contributed by atoms with van der Waals surface area (Å²) in [5.41, 5.74) is -0.413. The van der Waals surface area contributed by atoms with Crippen molar-refractivity contribution in [3.05, 3.63) is 12.2 Å². The van der Waals surface area contributed by atoms with Gasteiger partial charge in [-0.1, -0.05) is 32.4 Å². The minimum atomic E-state index is -0.703. The molecule has 0 heterocycles. The quantitative estimate of drug-likeness (QED) is 0.784. The molecule has 0 radical (unpaired) electrons. The maximum absolute atomic E-state index is 10.3. The molecular weight excluding hydrogens is 276 g/mol. The van der Waals surface area contributed by atoms with Crippen molar-refractivity contribution in [2.75, 3.05) is 6.61 Å². The molecule has 0 saturated heterocycles. The fourth-order valence-corrected chi connectivity index (χ4v) is 5.49. The summed E-state index contributed by atoms with van der Waals surface area (Å²) in [6.45, 7) is 7.29. The third kappa shape index (κ3) is 3.00. The maximum Gasteiger partial charge on any atom is 0.0828 e. The first-order valence-electron chi connectivity index (χ1n) is 9.03. The molecule has 0 aromatic heterocycles. The Bertz CT molecular complexity index is 430. The molecule has 2 N–H and O–H groups in total. The summed E-state index contributed by atoms with van der Waals surface area (Å²) in [5, 5.41) is 20.3. The Morgan fingerprint density at radius 1 is 1.27 bits per heavy atom. The molecule has 0 aromatic rings. The molecular formula is C19H32O3. The lowest BCUT2D eigenvalue weighted by molar-refractivity contribution is -0.0456. The van der Waals surface area contributed by atoms with Gasteiger partial charge in [0.25, 0.3) is 0 Å². The van der Waals surface area contributed by atoms with Gasteiger partial charge in [0.05, 0.1) is 24.4 Å². The van der Waals surface area contributed by atoms with Crippen LogP contribution in [0.2, 0.25) is 0 Å². The number of hydrogen-bond donors (Lipinski definition) is 2. The highest BCUT2D eigenvalue weighted by Gasteiger charge is 2.52. The molecule has 2 saturated carbocycles. The first-order chi connectivity index (χ1) is 10.3. The SMILES string of the molecule is C[C@@H](CO[C@H]1C=C[C@@](C)(O)C1)[C@H]1CCC2C(O)CCC[C@@]21C. The van der Waals surface area contributed by atoms with E-state index in [1.165, 1.54) is 19.3 Å². The molecule has 3 heteroatoms. The summed E-state index contributed by atoms with van der Waals surface area (Å²) in [6, 6.07) is 0. The zero-order valence-electron chi connectivity index (χ0n) is 14.3. The summed E-state index contributed by atoms with van der Waals surface area (Å²) in [4.78, 5) is 0. The second-order valence-corrected chi connectivity index (χ2v) is 8.53. The minimum Gasteiger partial charge on any atom is -0.393 e. The second kappa shape index (κ2) is 5.92. The molecule has 2 unspecified atom stereocenters. The zero-order valence-corrected chi connectivity index (χ0v) is 14.3. The molecule has 0 spiro atoms. The Balaban J connectivity index is 1.56. The van der Waals surface area contributed by atoms with E-state index in [0.29, 0.717) is 24.2 Å². The number of ether oxygens (including phenoxy) is 1. The van der Waals surface area contributed by atoms with E-state index in [0.717, 1.165) is 19.4 Å². The van der Waals surface area contributed by atoms with Crippen LogP contribution in [0.25, 0.3) is 0 Å². The maximum atomic E-state index is 10.3. The van der Waals surface area contributed by atoms with Gasteiger partial charge in [-0.3, -0.25) is 0 Å². The van der Waals surface area contributed by atoms with Crippen molar-refractivity contribution >= 4 is 0 Å². The van der Waals surface area contributed by atoms with Gasteiger partial charge in [0.15, 0.2) is 0 Å². The van der Waals surface area contributed by atoms with E-state index >= 15 is 0 Å². The molecule has 0 amide bonds. The summed E-state index contributed by atoms with van der Waals surface area (Å²) in [7, 11) is 0. The monoisotopic (exact) mass is 308 g/mol. The fourth-order valence-electron chi connectivity index (χ4n) is 5.49. The molecule has 3 aliphatic rings. The smallest absolute Gasteiger partial charge is 0.0828 e. The van der Waals surface area contributed by atoms with Crippen LogP contribution in [0.5, 0.6) is 0 Å². The molecule has 0 bridgehead atoms. The third-order valence-electron chi connectivity index (χ3n) is 6.71. The standard InChI is InChI=1S/C19H32O3/c1-13(12-22-14-8-10-18(2,21)11-14)15-6-7-16-17(20)5-4-9-19(15,16)3/h8,10,13-17,20-21H,4-7,9,11-12H2,1-3H3/t13-,14-,15+,16?,17?,18+,19+/m0/s1. The van der Waals surface area contributed by atoms with Crippen molar-refractivity contribution < 1.29 is 14.9 Å². The molecule has 3 aliphatic carbocycles. The van der Waals surface area contributed by atoms with Gasteiger partial charge in [-0.25, -0.2) is 0 Å². The minimum absolute atomic E-state index is 0.0550. The predicted molar refractivity (Wildman–Crippen MR) is 87.5 cm³/mol. The van der Waals surface area contributed by atoms with Gasteiger partial charge in [0.2, 0.25) is 0 Å². The van der Waals surface area contributed by atoms with Gasteiger partial charge in [0.1, 0.15) is 0 Å². The van der Waals surface area contributed by atoms with Crippen molar-refractivity contribution in [2.24, 2.45) is 23.2 Å². The van der Waals surface area contributed by atoms with E-state index in [2.05, 4.69) is 13.8 Å². The largest absolute Gasteiger partial charge is 0.393 e. The van der Waals surface area contributed by atoms with Crippen LogP contribution < -0.4 is 0 Å². The van der Waals surface area contributed by atoms with Crippen LogP contribution >= 0.6 is 0 Å². The van der Waals surface area contributed by atoms with Crippen LogP contribution in [0.15, 0.2) is 12.2 Å². The zero-order chi connectivity index (χ0) is 16.0. The summed E-state index contributed by atoms with van der Waals surface area (Å²) in [6.07, 6.45) is 10.3. The average molecular weight is 308 g/mol. The first-order valence-corrected chi connectivity index (χ1v) is 9.03. The number of rotatable bonds is 4. The van der Waals surface area contributed by atoms with Crippen LogP contribution in [-0.4, -0.2) is 34.6 Å². The van der Waals surface area contributed by atoms with Crippen LogP contribution in [0.4, 0.5) is 0 Å². The van der Waals surface area contributed by atoms with Gasteiger partial charge in [0, 0.05) is 6.42 Å². The Morgan fingerprint density at radius 3 is 2.73 bits per heavy atom. The van der Waals surface area contributed by atoms with Crippen molar-refractivity contribution in [1.82, 2.24) is 0 Å². The number of hydrogen-bond acceptors (Lipinski definition) is 3. The molecule has 2 fully saturated rings. The van der Waals surface area contributed by atoms with Gasteiger partial charge < -0.3 is 14.9 Å². The Morgan fingerprint density at radius 2 is 2.05 bits per heavy atom. The van der Waals surface area contributed by atoms with E-state index in [4.69, 9.17) is 4.74 Å². The topological polar surface area (TPSA) is 49.7 Å². The van der Waals surface area contributed by atoms with Gasteiger partial charge in [-0.2, -0.15) is 0 Å². The van der Waals surface area contributed by atoms with E-state index in [-0.39, 0.29) is 17.6 Å². The number of aliphatic hydroxyl groups excluding tert-OH is 1. The molecule has 3 rings (SSSR count). The average Bonchev–Trinajstić information content (AvgIpc) is 2.96. The van der Waals surface area contributed by atoms with E-state index < -0.39 is 5.60 Å². The molecule has 3 nitrogen and oxygen atoms in total. The van der Waals surface area contributed by atoms with Crippen LogP contribution in [0.3, 0.4) is 0 Å². The van der Waals surface area contributed by atoms with E-state index in [9.17, 15) is 10.2 Å². The fraction of sp³-hybridized carbons (Fsp3) is 0.895. The van der Waals surface area contributed by atoms with Gasteiger partial charge in [-0.15, -0.1) is 0 Å². The number of aliphatic hydroxyl groups is 2. The van der Waals surface area contributed by atoms with Crippen LogP contribution in [-0.2, 0) is 4.74 Å². The molecule has 22 heavy (non-hydrogen) atoms. The predicted octanol–water partition coefficient (Wildman–Crippen LogP) is 3.30. The van der Waals surface area contributed by atoms with Gasteiger partial charge >= 0.3 is 0 Å². The Labute approximate surface area is 134 Å². The molecule has 126 valence electrons. The second-order valence-electron chi connectivity index (χ2n) is 8.53. The van der Waals surface area contributed by atoms with Gasteiger partial charge in [-0.05, 0) is 55.8 Å². The lowest BCUT2D eigenvalue weighted by Crippen LogP contribution is -2.42. The van der Waals surface area contributed by atoms with E-state index in [1.807, 2.05) is 19.1 Å². The Hall–Kier alpha value is -0.380. The van der Waals surface area contributed by atoms with Crippen molar-refractivity contribution in [1.29, 1.82) is 0 Å². The summed E-state index contributed by atoms with van der Waals surface area (Å²) < 4.78 is 6.06. The molecule has 0 aliphatic heterocycles. The summed E-state index contributed by atoms with van der Waals surface area (Å²) >= 11 is 0. The van der Waals surface area contributed by atoms with Crippen molar-refractivity contribution in [2.45, 2.75) is 77.1 Å². The van der Waals surface area contributed by atoms with E-state index in [1.54, 1.807) is 0 Å². The third-order valence-corrected chi connectivity index (χ3v) is 6.71. The lowest BCUT2D eigenvalue weighted by atomic mass is 9.62. The Kier molecular flexibility index (Phi) is 4.43. The van der Waals surface area contributed by atoms with Crippen molar-refractivity contribution in [3.63, 3.8) is 0 Å². The summed E-state index contributed by atoms with van der Waals surface area (Å²) in [5.74, 6) is 1.65.